The molecular formula is C16H18ClN3O4. The fourth-order valence-electron chi connectivity index (χ4n) is 3.45. The first kappa shape index (κ1) is 16.7. The first-order chi connectivity index (χ1) is 11.5. The average molecular weight is 352 g/mol. The van der Waals surface area contributed by atoms with Crippen molar-refractivity contribution in [1.82, 2.24) is 4.90 Å². The molecule has 2 fully saturated rings. The van der Waals surface area contributed by atoms with E-state index in [2.05, 4.69) is 5.32 Å². The number of halogens is 1. The van der Waals surface area contributed by atoms with Crippen LogP contribution in [0.5, 0.6) is 0 Å². The van der Waals surface area contributed by atoms with Gasteiger partial charge in [-0.25, -0.2) is 0 Å². The summed E-state index contributed by atoms with van der Waals surface area (Å²) < 4.78 is 0. The van der Waals surface area contributed by atoms with E-state index < -0.39 is 10.8 Å². The van der Waals surface area contributed by atoms with Gasteiger partial charge >= 0.3 is 0 Å². The van der Waals surface area contributed by atoms with Gasteiger partial charge < -0.3 is 10.2 Å². The van der Waals surface area contributed by atoms with E-state index in [1.807, 2.05) is 4.90 Å². The second-order valence-corrected chi connectivity index (χ2v) is 6.71. The van der Waals surface area contributed by atoms with Crippen molar-refractivity contribution in [3.63, 3.8) is 0 Å². The van der Waals surface area contributed by atoms with E-state index in [0.29, 0.717) is 12.2 Å². The van der Waals surface area contributed by atoms with Crippen LogP contribution < -0.4 is 5.32 Å². The van der Waals surface area contributed by atoms with Gasteiger partial charge in [0.15, 0.2) is 0 Å². The highest BCUT2D eigenvalue weighted by Gasteiger charge is 2.38. The van der Waals surface area contributed by atoms with E-state index in [4.69, 9.17) is 11.6 Å². The third-order valence-electron chi connectivity index (χ3n) is 4.71. The number of hydrogen-bond acceptors (Lipinski definition) is 4. The van der Waals surface area contributed by atoms with Gasteiger partial charge in [0.25, 0.3) is 5.69 Å². The van der Waals surface area contributed by atoms with Gasteiger partial charge in [-0.1, -0.05) is 24.4 Å². The molecule has 3 rings (SSSR count). The minimum atomic E-state index is -0.598. The summed E-state index contributed by atoms with van der Waals surface area (Å²) >= 11 is 5.76. The minimum absolute atomic E-state index is 0.0152. The fourth-order valence-corrected chi connectivity index (χ4v) is 3.64. The molecule has 0 spiro atoms. The number of likely N-dealkylation sites (tertiary alicyclic amines) is 1. The summed E-state index contributed by atoms with van der Waals surface area (Å²) in [4.78, 5) is 36.7. The molecule has 128 valence electrons. The molecule has 0 unspecified atom stereocenters. The van der Waals surface area contributed by atoms with E-state index in [1.165, 1.54) is 18.2 Å². The van der Waals surface area contributed by atoms with Crippen LogP contribution in [0.2, 0.25) is 5.02 Å². The Hall–Kier alpha value is -2.15. The molecule has 2 aliphatic rings. The summed E-state index contributed by atoms with van der Waals surface area (Å²) in [6, 6.07) is 4.37. The quantitative estimate of drug-likeness (QED) is 0.666. The molecule has 2 amide bonds. The third kappa shape index (κ3) is 3.36. The van der Waals surface area contributed by atoms with Gasteiger partial charge in [-0.2, -0.15) is 0 Å². The van der Waals surface area contributed by atoms with E-state index in [0.717, 1.165) is 25.7 Å². The standard InChI is InChI=1S/C16H18ClN3O4/c17-13-6-5-11(8-14(13)20(23)24)18-16(22)10-7-15(21)19(9-10)12-3-1-2-4-12/h5-6,8,10,12H,1-4,7,9H2,(H,18,22)/t10-/m1/s1. The predicted octanol–water partition coefficient (Wildman–Crippen LogP) is 2.98. The maximum atomic E-state index is 12.4. The largest absolute Gasteiger partial charge is 0.339 e. The highest BCUT2D eigenvalue weighted by Crippen LogP contribution is 2.31. The summed E-state index contributed by atoms with van der Waals surface area (Å²) in [5.41, 5.74) is 0.0485. The number of nitrogens with one attached hydrogen (secondary N) is 1. The number of nitrogens with zero attached hydrogens (tertiary/aromatic N) is 2. The Balaban J connectivity index is 1.66. The van der Waals surface area contributed by atoms with Crippen molar-refractivity contribution < 1.29 is 14.5 Å². The van der Waals surface area contributed by atoms with Crippen LogP contribution in [0.4, 0.5) is 11.4 Å². The van der Waals surface area contributed by atoms with Crippen LogP contribution in [-0.2, 0) is 9.59 Å². The maximum absolute atomic E-state index is 12.4. The van der Waals surface area contributed by atoms with Crippen molar-refractivity contribution >= 4 is 34.8 Å². The summed E-state index contributed by atoms with van der Waals surface area (Å²) in [6.07, 6.45) is 4.45. The number of hydrogen-bond donors (Lipinski definition) is 1. The molecular weight excluding hydrogens is 334 g/mol. The van der Waals surface area contributed by atoms with Crippen molar-refractivity contribution in [2.45, 2.75) is 38.1 Å². The lowest BCUT2D eigenvalue weighted by Crippen LogP contribution is -2.35. The zero-order valence-electron chi connectivity index (χ0n) is 13.0. The van der Waals surface area contributed by atoms with Crippen molar-refractivity contribution in [1.29, 1.82) is 0 Å². The minimum Gasteiger partial charge on any atom is -0.339 e. The van der Waals surface area contributed by atoms with Crippen LogP contribution in [0, 0.1) is 16.0 Å². The number of nitro benzene ring substituents is 1. The Labute approximate surface area is 144 Å². The Bertz CT molecular complexity index is 688. The third-order valence-corrected chi connectivity index (χ3v) is 5.02. The van der Waals surface area contributed by atoms with Gasteiger partial charge in [0, 0.05) is 30.8 Å². The zero-order chi connectivity index (χ0) is 17.3. The molecule has 24 heavy (non-hydrogen) atoms. The van der Waals surface area contributed by atoms with Crippen molar-refractivity contribution in [3.05, 3.63) is 33.3 Å². The van der Waals surface area contributed by atoms with Crippen LogP contribution >= 0.6 is 11.6 Å². The van der Waals surface area contributed by atoms with Crippen LogP contribution in [0.15, 0.2) is 18.2 Å². The lowest BCUT2D eigenvalue weighted by atomic mass is 10.1. The highest BCUT2D eigenvalue weighted by atomic mass is 35.5. The van der Waals surface area contributed by atoms with Crippen molar-refractivity contribution in [2.75, 3.05) is 11.9 Å². The SMILES string of the molecule is O=C(Nc1ccc(Cl)c([N+](=O)[O-])c1)[C@@H]1CC(=O)N(C2CCCC2)C1. The van der Waals surface area contributed by atoms with Crippen LogP contribution in [-0.4, -0.2) is 34.2 Å². The molecule has 0 bridgehead atoms. The highest BCUT2D eigenvalue weighted by molar-refractivity contribution is 6.32. The number of amides is 2. The molecule has 1 saturated heterocycles. The van der Waals surface area contributed by atoms with Crippen molar-refractivity contribution in [2.24, 2.45) is 5.92 Å². The first-order valence-corrected chi connectivity index (χ1v) is 8.38. The molecule has 1 saturated carbocycles. The summed E-state index contributed by atoms with van der Waals surface area (Å²) in [6.45, 7) is 0.422. The second kappa shape index (κ2) is 6.76. The topological polar surface area (TPSA) is 92.5 Å². The summed E-state index contributed by atoms with van der Waals surface area (Å²) in [5.74, 6) is -0.697. The van der Waals surface area contributed by atoms with Crippen molar-refractivity contribution in [3.8, 4) is 0 Å². The molecule has 1 N–H and O–H groups in total. The summed E-state index contributed by atoms with van der Waals surface area (Å²) in [7, 11) is 0. The van der Waals surface area contributed by atoms with Gasteiger partial charge in [-0.05, 0) is 25.0 Å². The van der Waals surface area contributed by atoms with Crippen LogP contribution in [0.3, 0.4) is 0 Å². The molecule has 7 nitrogen and oxygen atoms in total. The maximum Gasteiger partial charge on any atom is 0.289 e. The van der Waals surface area contributed by atoms with Crippen LogP contribution in [0.1, 0.15) is 32.1 Å². The Morgan fingerprint density at radius 1 is 1.33 bits per heavy atom. The average Bonchev–Trinajstić information content (AvgIpc) is 3.18. The van der Waals surface area contributed by atoms with E-state index in [-0.39, 0.29) is 35.0 Å². The molecule has 1 aromatic rings. The van der Waals surface area contributed by atoms with E-state index in [1.54, 1.807) is 0 Å². The number of carbonyl (C=O) groups is 2. The lowest BCUT2D eigenvalue weighted by Gasteiger charge is -2.23. The lowest BCUT2D eigenvalue weighted by molar-refractivity contribution is -0.384. The normalized spacial score (nSPS) is 21.3. The number of carbonyl (C=O) groups excluding carboxylic acids is 2. The van der Waals surface area contributed by atoms with Gasteiger partial charge in [0.05, 0.1) is 10.8 Å². The first-order valence-electron chi connectivity index (χ1n) is 8.00. The Morgan fingerprint density at radius 2 is 2.04 bits per heavy atom. The summed E-state index contributed by atoms with van der Waals surface area (Å²) in [5, 5.41) is 13.6. The number of benzene rings is 1. The molecule has 8 heteroatoms. The smallest absolute Gasteiger partial charge is 0.289 e. The molecule has 1 atom stereocenters. The number of rotatable bonds is 4. The van der Waals surface area contributed by atoms with Gasteiger partial charge in [0.2, 0.25) is 11.8 Å². The predicted molar refractivity (Wildman–Crippen MR) is 88.8 cm³/mol. The molecule has 1 aliphatic carbocycles. The molecule has 1 aromatic carbocycles. The fraction of sp³-hybridized carbons (Fsp3) is 0.500. The number of nitro groups is 1. The molecule has 0 radical (unpaired) electrons. The monoisotopic (exact) mass is 351 g/mol. The Morgan fingerprint density at radius 3 is 2.71 bits per heavy atom. The van der Waals surface area contributed by atoms with Gasteiger partial charge in [0.1, 0.15) is 5.02 Å². The van der Waals surface area contributed by atoms with E-state index >= 15 is 0 Å². The second-order valence-electron chi connectivity index (χ2n) is 6.30. The molecule has 1 aliphatic heterocycles. The molecule has 1 heterocycles. The number of anilines is 1. The van der Waals surface area contributed by atoms with Gasteiger partial charge in [-0.3, -0.25) is 19.7 Å². The molecule has 0 aromatic heterocycles. The zero-order valence-corrected chi connectivity index (χ0v) is 13.8. The van der Waals surface area contributed by atoms with Crippen LogP contribution in [0.25, 0.3) is 0 Å². The Kier molecular flexibility index (Phi) is 4.71. The van der Waals surface area contributed by atoms with Gasteiger partial charge in [-0.15, -0.1) is 0 Å². The van der Waals surface area contributed by atoms with E-state index in [9.17, 15) is 19.7 Å².